The molecule has 0 radical (unpaired) electrons. The molecule has 0 aliphatic heterocycles. The molecular weight excluding hydrogens is 487 g/mol. The van der Waals surface area contributed by atoms with Gasteiger partial charge in [-0.15, -0.1) is 24.0 Å². The Morgan fingerprint density at radius 2 is 1.79 bits per heavy atom. The first-order chi connectivity index (χ1) is 12.6. The topological polar surface area (TPSA) is 82.6 Å². The Labute approximate surface area is 185 Å². The minimum atomic E-state index is -3.29. The summed E-state index contributed by atoms with van der Waals surface area (Å²) >= 11 is 0. The molecule has 156 valence electrons. The quantitative estimate of drug-likeness (QED) is 0.298. The summed E-state index contributed by atoms with van der Waals surface area (Å²) in [6.45, 7) is 8.75. The Hall–Kier alpha value is -1.39. The molecule has 0 spiro atoms. The summed E-state index contributed by atoms with van der Waals surface area (Å²) in [5, 5.41) is 9.05. The zero-order valence-electron chi connectivity index (χ0n) is 17.1. The molecule has 0 aromatic heterocycles. The van der Waals surface area contributed by atoms with E-state index >= 15 is 0 Å². The van der Waals surface area contributed by atoms with E-state index in [9.17, 15) is 8.42 Å². The van der Waals surface area contributed by atoms with Crippen LogP contribution >= 0.6 is 24.0 Å². The molecule has 3 N–H and O–H groups in total. The third-order valence-corrected chi connectivity index (χ3v) is 5.00. The molecule has 0 aliphatic rings. The number of halogens is 1. The molecule has 0 amide bonds. The van der Waals surface area contributed by atoms with Crippen molar-refractivity contribution in [1.82, 2.24) is 15.4 Å². The zero-order valence-corrected chi connectivity index (χ0v) is 20.3. The fourth-order valence-corrected chi connectivity index (χ4v) is 4.11. The Bertz CT molecular complexity index is 908. The van der Waals surface area contributed by atoms with E-state index in [1.807, 2.05) is 32.9 Å². The Balaban J connectivity index is 0.00000392. The number of sulfonamides is 1. The minimum absolute atomic E-state index is 0. The second kappa shape index (κ2) is 10.4. The third-order valence-electron chi connectivity index (χ3n) is 4.08. The first-order valence-electron chi connectivity index (χ1n) is 9.13. The first kappa shape index (κ1) is 24.6. The number of guanidine groups is 1. The van der Waals surface area contributed by atoms with Gasteiger partial charge in [-0.05, 0) is 44.0 Å². The van der Waals surface area contributed by atoms with Crippen molar-refractivity contribution in [2.75, 3.05) is 19.3 Å². The fourth-order valence-electron chi connectivity index (χ4n) is 3.04. The lowest BCUT2D eigenvalue weighted by atomic mass is 10.00. The number of benzene rings is 2. The van der Waals surface area contributed by atoms with Crippen molar-refractivity contribution in [1.29, 1.82) is 0 Å². The normalized spacial score (nSPS) is 13.7. The second-order valence-electron chi connectivity index (χ2n) is 7.39. The van der Waals surface area contributed by atoms with Gasteiger partial charge in [0.25, 0.3) is 0 Å². The second-order valence-corrected chi connectivity index (χ2v) is 9.14. The van der Waals surface area contributed by atoms with Crippen LogP contribution in [0.2, 0.25) is 0 Å². The van der Waals surface area contributed by atoms with E-state index in [1.54, 1.807) is 0 Å². The molecule has 2 aromatic carbocycles. The fraction of sp³-hybridized carbons (Fsp3) is 0.450. The minimum Gasteiger partial charge on any atom is -0.357 e. The van der Waals surface area contributed by atoms with E-state index in [0.717, 1.165) is 6.26 Å². The smallest absolute Gasteiger partial charge is 0.209 e. The van der Waals surface area contributed by atoms with Crippen LogP contribution in [0.5, 0.6) is 0 Å². The van der Waals surface area contributed by atoms with Gasteiger partial charge < -0.3 is 10.6 Å². The van der Waals surface area contributed by atoms with Gasteiger partial charge in [-0.3, -0.25) is 4.99 Å². The SMILES string of the molecule is CCNC(=NCC(C)(C)NS(C)(=O)=O)NC(C)c1cccc2ccccc12.I. The van der Waals surface area contributed by atoms with E-state index in [2.05, 4.69) is 57.6 Å². The molecule has 0 aliphatic carbocycles. The number of hydrogen-bond acceptors (Lipinski definition) is 3. The largest absolute Gasteiger partial charge is 0.357 e. The summed E-state index contributed by atoms with van der Waals surface area (Å²) in [5.74, 6) is 0.654. The van der Waals surface area contributed by atoms with Gasteiger partial charge in [0.15, 0.2) is 5.96 Å². The molecule has 28 heavy (non-hydrogen) atoms. The molecule has 8 heteroatoms. The van der Waals surface area contributed by atoms with Crippen LogP contribution in [0.15, 0.2) is 47.5 Å². The number of aliphatic imine (C=N–C) groups is 1. The monoisotopic (exact) mass is 518 g/mol. The molecular formula is C20H31IN4O2S. The summed E-state index contributed by atoms with van der Waals surface area (Å²) in [6, 6.07) is 14.6. The van der Waals surface area contributed by atoms with Crippen molar-refractivity contribution >= 4 is 50.7 Å². The van der Waals surface area contributed by atoms with Gasteiger partial charge in [0, 0.05) is 12.1 Å². The van der Waals surface area contributed by atoms with Crippen LogP contribution < -0.4 is 15.4 Å². The highest BCUT2D eigenvalue weighted by molar-refractivity contribution is 14.0. The number of fused-ring (bicyclic) bond motifs is 1. The molecule has 0 fully saturated rings. The average Bonchev–Trinajstić information content (AvgIpc) is 2.57. The summed E-state index contributed by atoms with van der Waals surface area (Å²) < 4.78 is 25.6. The molecule has 0 bridgehead atoms. The Morgan fingerprint density at radius 1 is 1.14 bits per heavy atom. The van der Waals surface area contributed by atoms with Crippen LogP contribution in [0.1, 0.15) is 39.3 Å². The van der Waals surface area contributed by atoms with Gasteiger partial charge in [-0.1, -0.05) is 42.5 Å². The van der Waals surface area contributed by atoms with Crippen LogP contribution in [0.4, 0.5) is 0 Å². The van der Waals surface area contributed by atoms with Gasteiger partial charge in [0.2, 0.25) is 10.0 Å². The highest BCUT2D eigenvalue weighted by Gasteiger charge is 2.22. The number of rotatable bonds is 7. The lowest BCUT2D eigenvalue weighted by Gasteiger charge is -2.24. The van der Waals surface area contributed by atoms with Crippen LogP contribution in [0, 0.1) is 0 Å². The molecule has 1 unspecified atom stereocenters. The van der Waals surface area contributed by atoms with Gasteiger partial charge in [0.05, 0.1) is 18.8 Å². The van der Waals surface area contributed by atoms with E-state index in [4.69, 9.17) is 0 Å². The zero-order chi connectivity index (χ0) is 20.1. The molecule has 0 saturated heterocycles. The van der Waals surface area contributed by atoms with Gasteiger partial charge in [0.1, 0.15) is 0 Å². The molecule has 0 saturated carbocycles. The van der Waals surface area contributed by atoms with E-state index in [1.165, 1.54) is 16.3 Å². The maximum atomic E-state index is 11.5. The van der Waals surface area contributed by atoms with E-state index in [0.29, 0.717) is 19.0 Å². The van der Waals surface area contributed by atoms with Crippen LogP contribution in [0.25, 0.3) is 10.8 Å². The van der Waals surface area contributed by atoms with Crippen LogP contribution in [0.3, 0.4) is 0 Å². The number of nitrogens with zero attached hydrogens (tertiary/aromatic N) is 1. The van der Waals surface area contributed by atoms with E-state index < -0.39 is 15.6 Å². The van der Waals surface area contributed by atoms with Gasteiger partial charge in [-0.25, -0.2) is 13.1 Å². The third kappa shape index (κ3) is 7.56. The van der Waals surface area contributed by atoms with Crippen molar-refractivity contribution in [2.45, 2.75) is 39.3 Å². The van der Waals surface area contributed by atoms with Crippen molar-refractivity contribution in [2.24, 2.45) is 4.99 Å². The van der Waals surface area contributed by atoms with Crippen molar-refractivity contribution in [3.8, 4) is 0 Å². The summed E-state index contributed by atoms with van der Waals surface area (Å²) in [7, 11) is -3.29. The lowest BCUT2D eigenvalue weighted by Crippen LogP contribution is -2.47. The molecule has 2 aromatic rings. The standard InChI is InChI=1S/C20H30N4O2S.HI/c1-6-21-19(22-14-20(3,4)24-27(5,25)26)23-15(2)17-13-9-11-16-10-7-8-12-18(16)17;/h7-13,15,24H,6,14H2,1-5H3,(H2,21,22,23);1H. The maximum absolute atomic E-state index is 11.5. The van der Waals surface area contributed by atoms with Gasteiger partial charge >= 0.3 is 0 Å². The van der Waals surface area contributed by atoms with E-state index in [-0.39, 0.29) is 30.0 Å². The average molecular weight is 518 g/mol. The summed E-state index contributed by atoms with van der Waals surface area (Å²) in [6.07, 6.45) is 1.16. The highest BCUT2D eigenvalue weighted by atomic mass is 127. The Kier molecular flexibility index (Phi) is 9.16. The summed E-state index contributed by atoms with van der Waals surface area (Å²) in [5.41, 5.74) is 0.519. The Morgan fingerprint density at radius 3 is 2.43 bits per heavy atom. The van der Waals surface area contributed by atoms with Crippen molar-refractivity contribution < 1.29 is 8.42 Å². The highest BCUT2D eigenvalue weighted by Crippen LogP contribution is 2.23. The molecule has 1 atom stereocenters. The predicted octanol–water partition coefficient (Wildman–Crippen LogP) is 3.40. The maximum Gasteiger partial charge on any atom is 0.209 e. The van der Waals surface area contributed by atoms with Crippen molar-refractivity contribution in [3.05, 3.63) is 48.0 Å². The van der Waals surface area contributed by atoms with Crippen LogP contribution in [-0.4, -0.2) is 39.3 Å². The van der Waals surface area contributed by atoms with Crippen molar-refractivity contribution in [3.63, 3.8) is 0 Å². The summed E-state index contributed by atoms with van der Waals surface area (Å²) in [4.78, 5) is 4.58. The lowest BCUT2D eigenvalue weighted by molar-refractivity contribution is 0.464. The number of hydrogen-bond donors (Lipinski definition) is 3. The first-order valence-corrected chi connectivity index (χ1v) is 11.0. The predicted molar refractivity (Wildman–Crippen MR) is 129 cm³/mol. The molecule has 6 nitrogen and oxygen atoms in total. The van der Waals surface area contributed by atoms with Crippen LogP contribution in [-0.2, 0) is 10.0 Å². The molecule has 0 heterocycles. The number of nitrogens with one attached hydrogen (secondary N) is 3. The van der Waals surface area contributed by atoms with Gasteiger partial charge in [-0.2, -0.15) is 0 Å². The molecule has 2 rings (SSSR count).